The molecule has 1 amide bonds. The number of tetrazole rings is 1. The number of nitrogens with one attached hydrogen (secondary N) is 1. The van der Waals surface area contributed by atoms with Gasteiger partial charge in [-0.1, -0.05) is 30.3 Å². The zero-order chi connectivity index (χ0) is 24.7. The van der Waals surface area contributed by atoms with E-state index in [1.807, 2.05) is 44.2 Å². The van der Waals surface area contributed by atoms with E-state index >= 15 is 0 Å². The molecular weight excluding hydrogens is 464 g/mol. The fraction of sp³-hybridized carbons (Fsp3) is 0.200. The molecule has 9 nitrogen and oxygen atoms in total. The number of fused-ring (bicyclic) bond motifs is 1. The van der Waals surface area contributed by atoms with Gasteiger partial charge in [0.15, 0.2) is 5.82 Å². The Bertz CT molecular complexity index is 1550. The largest absolute Gasteiger partial charge is 0.322 e. The lowest BCUT2D eigenvalue weighted by atomic mass is 10.1. The Hall–Kier alpha value is -4.05. The summed E-state index contributed by atoms with van der Waals surface area (Å²) in [5, 5.41) is 14.4. The molecule has 0 saturated carbocycles. The molecule has 35 heavy (non-hydrogen) atoms. The van der Waals surface area contributed by atoms with Crippen LogP contribution in [-0.4, -0.2) is 40.6 Å². The molecule has 3 aromatic carbocycles. The Morgan fingerprint density at radius 3 is 2.57 bits per heavy atom. The van der Waals surface area contributed by atoms with Crippen LogP contribution in [0.15, 0.2) is 71.6 Å². The number of aromatic nitrogens is 4. The van der Waals surface area contributed by atoms with E-state index in [2.05, 4.69) is 20.8 Å². The molecule has 1 atom stereocenters. The Balaban J connectivity index is 1.43. The minimum absolute atomic E-state index is 0.0719. The van der Waals surface area contributed by atoms with Crippen molar-refractivity contribution < 1.29 is 13.2 Å². The Morgan fingerprint density at radius 2 is 1.80 bits per heavy atom. The van der Waals surface area contributed by atoms with Gasteiger partial charge in [0.1, 0.15) is 0 Å². The van der Waals surface area contributed by atoms with Crippen LogP contribution >= 0.6 is 0 Å². The van der Waals surface area contributed by atoms with Gasteiger partial charge >= 0.3 is 0 Å². The van der Waals surface area contributed by atoms with E-state index < -0.39 is 15.9 Å². The summed E-state index contributed by atoms with van der Waals surface area (Å²) in [7, 11) is -3.85. The monoisotopic (exact) mass is 488 g/mol. The predicted octanol–water partition coefficient (Wildman–Crippen LogP) is 3.67. The van der Waals surface area contributed by atoms with Gasteiger partial charge in [-0.15, -0.1) is 5.10 Å². The fourth-order valence-corrected chi connectivity index (χ4v) is 6.13. The van der Waals surface area contributed by atoms with Crippen molar-refractivity contribution in [2.24, 2.45) is 0 Å². The molecule has 178 valence electrons. The highest BCUT2D eigenvalue weighted by Gasteiger charge is 2.36. The topological polar surface area (TPSA) is 110 Å². The van der Waals surface area contributed by atoms with E-state index in [0.717, 1.165) is 16.8 Å². The molecule has 0 radical (unpaired) electrons. The number of amides is 1. The van der Waals surface area contributed by atoms with Gasteiger partial charge in [0.25, 0.3) is 15.9 Å². The maximum absolute atomic E-state index is 13.6. The third-order valence-corrected chi connectivity index (χ3v) is 8.04. The van der Waals surface area contributed by atoms with Gasteiger partial charge in [-0.3, -0.25) is 9.10 Å². The Kier molecular flexibility index (Phi) is 5.60. The SMILES string of the molecule is Cc1ccc(NC(=O)c2cccc(S(=O)(=O)N3c4ccccc4CC3C)c2)cc1-n1nnnc1C. The van der Waals surface area contributed by atoms with Crippen LogP contribution < -0.4 is 9.62 Å². The van der Waals surface area contributed by atoms with Crippen molar-refractivity contribution in [3.8, 4) is 5.69 Å². The number of hydrogen-bond acceptors (Lipinski definition) is 6. The van der Waals surface area contributed by atoms with Crippen molar-refractivity contribution in [2.45, 2.75) is 38.1 Å². The molecule has 4 aromatic rings. The van der Waals surface area contributed by atoms with E-state index in [9.17, 15) is 13.2 Å². The molecule has 1 N–H and O–H groups in total. The van der Waals surface area contributed by atoms with E-state index in [1.54, 1.807) is 35.9 Å². The molecule has 0 fully saturated rings. The van der Waals surface area contributed by atoms with Gasteiger partial charge < -0.3 is 5.32 Å². The highest BCUT2D eigenvalue weighted by molar-refractivity contribution is 7.92. The third-order valence-electron chi connectivity index (χ3n) is 6.12. The van der Waals surface area contributed by atoms with Crippen molar-refractivity contribution >= 4 is 27.3 Å². The van der Waals surface area contributed by atoms with Crippen molar-refractivity contribution in [1.82, 2.24) is 20.2 Å². The molecule has 1 unspecified atom stereocenters. The van der Waals surface area contributed by atoms with E-state index in [-0.39, 0.29) is 16.5 Å². The first-order chi connectivity index (χ1) is 16.8. The number of rotatable bonds is 5. The summed E-state index contributed by atoms with van der Waals surface area (Å²) < 4.78 is 30.2. The third kappa shape index (κ3) is 4.06. The standard InChI is InChI=1S/C25H24N6O3S/c1-16-11-12-21(15-24(16)30-18(3)27-28-29-30)26-25(32)20-8-6-9-22(14-20)35(33,34)31-17(2)13-19-7-4-5-10-23(19)31/h4-12,14-15,17H,13H2,1-3H3,(H,26,32). The summed E-state index contributed by atoms with van der Waals surface area (Å²) in [5.74, 6) is 0.201. The Morgan fingerprint density at radius 1 is 1.00 bits per heavy atom. The maximum atomic E-state index is 13.6. The lowest BCUT2D eigenvalue weighted by Crippen LogP contribution is -2.35. The first-order valence-electron chi connectivity index (χ1n) is 11.2. The lowest BCUT2D eigenvalue weighted by molar-refractivity contribution is 0.102. The minimum atomic E-state index is -3.85. The van der Waals surface area contributed by atoms with Crippen LogP contribution in [0.2, 0.25) is 0 Å². The number of hydrogen-bond donors (Lipinski definition) is 1. The van der Waals surface area contributed by atoms with Gasteiger partial charge in [0, 0.05) is 17.3 Å². The van der Waals surface area contributed by atoms with Gasteiger partial charge in [0.05, 0.1) is 16.3 Å². The van der Waals surface area contributed by atoms with Crippen LogP contribution in [-0.2, 0) is 16.4 Å². The van der Waals surface area contributed by atoms with Gasteiger partial charge in [-0.2, -0.15) is 4.68 Å². The molecule has 10 heteroatoms. The molecule has 1 aromatic heterocycles. The van der Waals surface area contributed by atoms with Crippen molar-refractivity contribution in [2.75, 3.05) is 9.62 Å². The number of nitrogens with zero attached hydrogens (tertiary/aromatic N) is 5. The molecule has 5 rings (SSSR count). The first kappa shape index (κ1) is 22.7. The second-order valence-electron chi connectivity index (χ2n) is 8.60. The summed E-state index contributed by atoms with van der Waals surface area (Å²) in [6.07, 6.45) is 0.645. The number of anilines is 2. The van der Waals surface area contributed by atoms with Crippen LogP contribution in [0.5, 0.6) is 0 Å². The molecule has 1 aliphatic heterocycles. The van der Waals surface area contributed by atoms with E-state index in [1.165, 1.54) is 16.4 Å². The van der Waals surface area contributed by atoms with Crippen molar-refractivity contribution in [3.05, 3.63) is 89.2 Å². The summed E-state index contributed by atoms with van der Waals surface area (Å²) in [6.45, 7) is 5.60. The van der Waals surface area contributed by atoms with Gasteiger partial charge in [-0.25, -0.2) is 8.42 Å². The normalized spacial score (nSPS) is 15.2. The molecule has 0 saturated heterocycles. The summed E-state index contributed by atoms with van der Waals surface area (Å²) in [4.78, 5) is 13.1. The molecular formula is C25H24N6O3S. The maximum Gasteiger partial charge on any atom is 0.264 e. The first-order valence-corrected chi connectivity index (χ1v) is 12.6. The number of carbonyl (C=O) groups is 1. The zero-order valence-corrected chi connectivity index (χ0v) is 20.3. The van der Waals surface area contributed by atoms with Crippen LogP contribution in [0, 0.1) is 13.8 Å². The highest BCUT2D eigenvalue weighted by atomic mass is 32.2. The number of carbonyl (C=O) groups excluding carboxylic acids is 1. The van der Waals surface area contributed by atoms with Crippen LogP contribution in [0.4, 0.5) is 11.4 Å². The van der Waals surface area contributed by atoms with E-state index in [4.69, 9.17) is 0 Å². The summed E-state index contributed by atoms with van der Waals surface area (Å²) >= 11 is 0. The van der Waals surface area contributed by atoms with Crippen LogP contribution in [0.3, 0.4) is 0 Å². The van der Waals surface area contributed by atoms with Gasteiger partial charge in [-0.05, 0) is 85.1 Å². The number of para-hydroxylation sites is 1. The molecule has 0 aliphatic carbocycles. The van der Waals surface area contributed by atoms with E-state index in [0.29, 0.717) is 23.6 Å². The average Bonchev–Trinajstić information content (AvgIpc) is 3.42. The molecule has 0 spiro atoms. The number of aryl methyl sites for hydroxylation is 2. The summed E-state index contributed by atoms with van der Waals surface area (Å²) in [5.41, 5.74) is 4.13. The van der Waals surface area contributed by atoms with Crippen molar-refractivity contribution in [1.29, 1.82) is 0 Å². The van der Waals surface area contributed by atoms with Crippen molar-refractivity contribution in [3.63, 3.8) is 0 Å². The minimum Gasteiger partial charge on any atom is -0.322 e. The average molecular weight is 489 g/mol. The quantitative estimate of drug-likeness (QED) is 0.459. The van der Waals surface area contributed by atoms with Crippen LogP contribution in [0.25, 0.3) is 5.69 Å². The lowest BCUT2D eigenvalue weighted by Gasteiger charge is -2.24. The Labute approximate surface area is 203 Å². The smallest absolute Gasteiger partial charge is 0.264 e. The summed E-state index contributed by atoms with van der Waals surface area (Å²) in [6, 6.07) is 18.8. The zero-order valence-electron chi connectivity index (χ0n) is 19.5. The highest BCUT2D eigenvalue weighted by Crippen LogP contribution is 2.36. The second kappa shape index (κ2) is 8.62. The number of benzene rings is 3. The molecule has 1 aliphatic rings. The second-order valence-corrected chi connectivity index (χ2v) is 10.4. The fourth-order valence-electron chi connectivity index (χ4n) is 4.39. The molecule has 2 heterocycles. The number of sulfonamides is 1. The van der Waals surface area contributed by atoms with Gasteiger partial charge in [0.2, 0.25) is 0 Å². The predicted molar refractivity (Wildman–Crippen MR) is 132 cm³/mol. The van der Waals surface area contributed by atoms with Crippen LogP contribution in [0.1, 0.15) is 34.2 Å². The molecule has 0 bridgehead atoms.